The molecule has 0 radical (unpaired) electrons. The maximum Gasteiger partial charge on any atom is 0.389 e. The van der Waals surface area contributed by atoms with Gasteiger partial charge in [0.1, 0.15) is 5.82 Å². The number of carbonyl (C=O) groups is 1. The third kappa shape index (κ3) is 4.94. The SMILES string of the molecule is Nc1cc(C(=O)O)c(F)cc1NCCCCC(F)(F)F. The first kappa shape index (κ1) is 16.1. The van der Waals surface area contributed by atoms with E-state index in [2.05, 4.69) is 5.32 Å². The summed E-state index contributed by atoms with van der Waals surface area (Å²) < 4.78 is 49.1. The van der Waals surface area contributed by atoms with E-state index in [0.29, 0.717) is 0 Å². The van der Waals surface area contributed by atoms with Gasteiger partial charge in [0.05, 0.1) is 16.9 Å². The van der Waals surface area contributed by atoms with E-state index < -0.39 is 29.9 Å². The Morgan fingerprint density at radius 2 is 1.95 bits per heavy atom. The van der Waals surface area contributed by atoms with Crippen LogP contribution in [0.15, 0.2) is 12.1 Å². The standard InChI is InChI=1S/C12H14F4N2O2/c13-8-6-10(9(17)5-7(8)11(19)20)18-4-2-1-3-12(14,15)16/h5-6,18H,1-4,17H2,(H,19,20). The summed E-state index contributed by atoms with van der Waals surface area (Å²) in [7, 11) is 0. The van der Waals surface area contributed by atoms with Crippen molar-refractivity contribution in [2.45, 2.75) is 25.4 Å². The van der Waals surface area contributed by atoms with Gasteiger partial charge in [0.2, 0.25) is 0 Å². The molecule has 20 heavy (non-hydrogen) atoms. The predicted molar refractivity (Wildman–Crippen MR) is 66.2 cm³/mol. The van der Waals surface area contributed by atoms with Gasteiger partial charge in [-0.2, -0.15) is 13.2 Å². The topological polar surface area (TPSA) is 75.4 Å². The summed E-state index contributed by atoms with van der Waals surface area (Å²) in [5.41, 5.74) is 5.18. The smallest absolute Gasteiger partial charge is 0.389 e. The molecule has 0 bridgehead atoms. The zero-order valence-corrected chi connectivity index (χ0v) is 10.4. The minimum absolute atomic E-state index is 0.0274. The summed E-state index contributed by atoms with van der Waals surface area (Å²) in [6, 6.07) is 1.89. The lowest BCUT2D eigenvalue weighted by Crippen LogP contribution is -2.10. The molecule has 0 heterocycles. The van der Waals surface area contributed by atoms with Gasteiger partial charge < -0.3 is 16.2 Å². The van der Waals surface area contributed by atoms with Crippen LogP contribution in [0.1, 0.15) is 29.6 Å². The fourth-order valence-corrected chi connectivity index (χ4v) is 1.58. The fourth-order valence-electron chi connectivity index (χ4n) is 1.58. The number of halogens is 4. The van der Waals surface area contributed by atoms with E-state index in [4.69, 9.17) is 10.8 Å². The summed E-state index contributed by atoms with van der Waals surface area (Å²) in [6.45, 7) is 0.187. The van der Waals surface area contributed by atoms with Gasteiger partial charge in [-0.15, -0.1) is 0 Å². The monoisotopic (exact) mass is 294 g/mol. The lowest BCUT2D eigenvalue weighted by molar-refractivity contribution is -0.135. The average Bonchev–Trinajstić information content (AvgIpc) is 2.30. The third-order valence-electron chi connectivity index (χ3n) is 2.57. The molecule has 0 amide bonds. The number of alkyl halides is 3. The molecular formula is C12H14F4N2O2. The van der Waals surface area contributed by atoms with Crippen LogP contribution in [-0.2, 0) is 0 Å². The summed E-state index contributed by atoms with van der Waals surface area (Å²) in [4.78, 5) is 10.7. The summed E-state index contributed by atoms with van der Waals surface area (Å²) >= 11 is 0. The van der Waals surface area contributed by atoms with E-state index in [0.717, 1.165) is 12.1 Å². The Labute approximate surface area is 112 Å². The van der Waals surface area contributed by atoms with Crippen LogP contribution in [0.25, 0.3) is 0 Å². The van der Waals surface area contributed by atoms with Gasteiger partial charge in [-0.3, -0.25) is 0 Å². The molecule has 1 rings (SSSR count). The van der Waals surface area contributed by atoms with Crippen LogP contribution in [0.3, 0.4) is 0 Å². The van der Waals surface area contributed by atoms with Gasteiger partial charge in [-0.1, -0.05) is 0 Å². The highest BCUT2D eigenvalue weighted by Crippen LogP contribution is 2.24. The molecule has 0 unspecified atom stereocenters. The molecule has 4 N–H and O–H groups in total. The number of hydrogen-bond acceptors (Lipinski definition) is 3. The quantitative estimate of drug-likeness (QED) is 0.427. The van der Waals surface area contributed by atoms with Crippen LogP contribution in [0.5, 0.6) is 0 Å². The zero-order valence-electron chi connectivity index (χ0n) is 10.4. The lowest BCUT2D eigenvalue weighted by Gasteiger charge is -2.11. The number of aromatic carboxylic acids is 1. The highest BCUT2D eigenvalue weighted by molar-refractivity contribution is 5.90. The van der Waals surface area contributed by atoms with Crippen molar-refractivity contribution >= 4 is 17.3 Å². The van der Waals surface area contributed by atoms with E-state index in [9.17, 15) is 22.4 Å². The van der Waals surface area contributed by atoms with Crippen LogP contribution >= 0.6 is 0 Å². The van der Waals surface area contributed by atoms with Crippen molar-refractivity contribution in [2.24, 2.45) is 0 Å². The Morgan fingerprint density at radius 1 is 1.30 bits per heavy atom. The van der Waals surface area contributed by atoms with Gasteiger partial charge in [0.15, 0.2) is 0 Å². The van der Waals surface area contributed by atoms with Crippen molar-refractivity contribution in [2.75, 3.05) is 17.6 Å². The molecule has 0 aromatic heterocycles. The van der Waals surface area contributed by atoms with Crippen molar-refractivity contribution in [3.63, 3.8) is 0 Å². The number of hydrogen-bond donors (Lipinski definition) is 3. The number of carboxylic acid groups (broad SMARTS) is 1. The number of benzene rings is 1. The Balaban J connectivity index is 2.53. The molecule has 0 saturated carbocycles. The van der Waals surface area contributed by atoms with E-state index in [1.165, 1.54) is 0 Å². The fraction of sp³-hybridized carbons (Fsp3) is 0.417. The van der Waals surface area contributed by atoms with E-state index in [-0.39, 0.29) is 30.8 Å². The molecule has 0 aliphatic carbocycles. The van der Waals surface area contributed by atoms with Gasteiger partial charge in [-0.05, 0) is 25.0 Å². The lowest BCUT2D eigenvalue weighted by atomic mass is 10.1. The maximum atomic E-state index is 13.4. The number of carboxylic acids is 1. The Bertz CT molecular complexity index is 489. The van der Waals surface area contributed by atoms with E-state index in [1.54, 1.807) is 0 Å². The second-order valence-electron chi connectivity index (χ2n) is 4.22. The molecule has 8 heteroatoms. The molecule has 0 spiro atoms. The number of nitrogens with one attached hydrogen (secondary N) is 1. The molecule has 0 saturated heterocycles. The average molecular weight is 294 g/mol. The molecule has 0 aliphatic rings. The first-order valence-electron chi connectivity index (χ1n) is 5.83. The van der Waals surface area contributed by atoms with Crippen LogP contribution in [0.4, 0.5) is 28.9 Å². The van der Waals surface area contributed by atoms with Crippen LogP contribution in [0.2, 0.25) is 0 Å². The molecule has 112 valence electrons. The molecule has 4 nitrogen and oxygen atoms in total. The number of nitrogen functional groups attached to an aromatic ring is 1. The van der Waals surface area contributed by atoms with Crippen molar-refractivity contribution in [1.29, 1.82) is 0 Å². The van der Waals surface area contributed by atoms with Gasteiger partial charge in [0, 0.05) is 13.0 Å². The molecular weight excluding hydrogens is 280 g/mol. The van der Waals surface area contributed by atoms with Crippen LogP contribution < -0.4 is 11.1 Å². The van der Waals surface area contributed by atoms with Crippen LogP contribution in [-0.4, -0.2) is 23.8 Å². The largest absolute Gasteiger partial charge is 0.478 e. The molecule has 1 aromatic rings. The zero-order chi connectivity index (χ0) is 15.3. The Morgan fingerprint density at radius 3 is 2.50 bits per heavy atom. The first-order valence-corrected chi connectivity index (χ1v) is 5.83. The number of anilines is 2. The molecule has 0 aliphatic heterocycles. The van der Waals surface area contributed by atoms with Crippen molar-refractivity contribution < 1.29 is 27.5 Å². The Kier molecular flexibility index (Phi) is 5.18. The molecule has 1 aromatic carbocycles. The first-order chi connectivity index (χ1) is 9.20. The maximum absolute atomic E-state index is 13.4. The number of nitrogens with two attached hydrogens (primary N) is 1. The normalized spacial score (nSPS) is 11.4. The highest BCUT2D eigenvalue weighted by Gasteiger charge is 2.25. The van der Waals surface area contributed by atoms with Crippen molar-refractivity contribution in [1.82, 2.24) is 0 Å². The number of rotatable bonds is 6. The highest BCUT2D eigenvalue weighted by atomic mass is 19.4. The van der Waals surface area contributed by atoms with Gasteiger partial charge >= 0.3 is 12.1 Å². The second-order valence-corrected chi connectivity index (χ2v) is 4.22. The van der Waals surface area contributed by atoms with E-state index >= 15 is 0 Å². The second kappa shape index (κ2) is 6.44. The van der Waals surface area contributed by atoms with Gasteiger partial charge in [0.25, 0.3) is 0 Å². The third-order valence-corrected chi connectivity index (χ3v) is 2.57. The summed E-state index contributed by atoms with van der Waals surface area (Å²) in [6.07, 6.45) is -4.88. The predicted octanol–water partition coefficient (Wildman–Crippen LogP) is 3.25. The Hall–Kier alpha value is -1.99. The minimum Gasteiger partial charge on any atom is -0.478 e. The molecule has 0 atom stereocenters. The van der Waals surface area contributed by atoms with Crippen LogP contribution in [0, 0.1) is 5.82 Å². The summed E-state index contributed by atoms with van der Waals surface area (Å²) in [5.74, 6) is -2.39. The minimum atomic E-state index is -4.19. The van der Waals surface area contributed by atoms with Gasteiger partial charge in [-0.25, -0.2) is 9.18 Å². The number of unbranched alkanes of at least 4 members (excludes halogenated alkanes) is 1. The van der Waals surface area contributed by atoms with Crippen molar-refractivity contribution in [3.05, 3.63) is 23.5 Å². The molecule has 0 fully saturated rings. The van der Waals surface area contributed by atoms with Crippen molar-refractivity contribution in [3.8, 4) is 0 Å². The summed E-state index contributed by atoms with van der Waals surface area (Å²) in [5, 5.41) is 11.4. The van der Waals surface area contributed by atoms with E-state index in [1.807, 2.05) is 0 Å².